The van der Waals surface area contributed by atoms with E-state index < -0.39 is 17.2 Å². The van der Waals surface area contributed by atoms with Crippen LogP contribution in [0.3, 0.4) is 0 Å². The van der Waals surface area contributed by atoms with Gasteiger partial charge >= 0.3 is 0 Å². The monoisotopic (exact) mass is 318 g/mol. The molecule has 4 rings (SSSR count). The van der Waals surface area contributed by atoms with Gasteiger partial charge < -0.3 is 20.4 Å². The molecule has 0 spiro atoms. The number of hydrogen-bond donors (Lipinski definition) is 4. The average molecular weight is 318 g/mol. The van der Waals surface area contributed by atoms with E-state index in [1.54, 1.807) is 6.07 Å². The first-order valence-electron chi connectivity index (χ1n) is 7.45. The molecule has 118 valence electrons. The molecule has 4 nitrogen and oxygen atoms in total. The lowest BCUT2D eigenvalue weighted by molar-refractivity contribution is 0.362. The standard InChI is InChI=1S/C20H14O4/c21-16-10-17(22)19(23)20(24)18(16)14-7-3-6-13-8-11-4-1-2-5-12(11)9-15(13)14/h1-10,21-24H. The van der Waals surface area contributed by atoms with Gasteiger partial charge in [-0.05, 0) is 39.2 Å². The van der Waals surface area contributed by atoms with E-state index >= 15 is 0 Å². The number of hydrogen-bond acceptors (Lipinski definition) is 4. The first-order chi connectivity index (χ1) is 11.6. The van der Waals surface area contributed by atoms with E-state index in [0.29, 0.717) is 5.56 Å². The summed E-state index contributed by atoms with van der Waals surface area (Å²) < 4.78 is 0. The van der Waals surface area contributed by atoms with Crippen molar-refractivity contribution in [2.75, 3.05) is 0 Å². The quantitative estimate of drug-likeness (QED) is 0.237. The van der Waals surface area contributed by atoms with Crippen molar-refractivity contribution in [3.8, 4) is 34.1 Å². The Bertz CT molecular complexity index is 1100. The maximum Gasteiger partial charge on any atom is 0.201 e. The SMILES string of the molecule is Oc1cc(O)c(-c2cccc3cc4ccccc4cc23)c(O)c1O. The fourth-order valence-corrected chi connectivity index (χ4v) is 3.08. The molecule has 4 aromatic carbocycles. The Morgan fingerprint density at radius 2 is 1.21 bits per heavy atom. The molecular weight excluding hydrogens is 304 g/mol. The summed E-state index contributed by atoms with van der Waals surface area (Å²) in [5.74, 6) is -2.07. The van der Waals surface area contributed by atoms with Crippen LogP contribution in [-0.2, 0) is 0 Å². The molecule has 0 aromatic heterocycles. The molecule has 4 aromatic rings. The van der Waals surface area contributed by atoms with E-state index in [1.165, 1.54) is 0 Å². The maximum atomic E-state index is 10.2. The molecule has 0 radical (unpaired) electrons. The molecule has 0 atom stereocenters. The van der Waals surface area contributed by atoms with Gasteiger partial charge in [-0.15, -0.1) is 0 Å². The zero-order valence-electron chi connectivity index (χ0n) is 12.6. The Hall–Kier alpha value is -3.40. The molecule has 0 unspecified atom stereocenters. The van der Waals surface area contributed by atoms with Crippen molar-refractivity contribution in [1.29, 1.82) is 0 Å². The van der Waals surface area contributed by atoms with Crippen LogP contribution in [0.15, 0.2) is 60.7 Å². The minimum atomic E-state index is -0.652. The van der Waals surface area contributed by atoms with Crippen LogP contribution < -0.4 is 0 Å². The van der Waals surface area contributed by atoms with Crippen LogP contribution in [0.25, 0.3) is 32.7 Å². The summed E-state index contributed by atoms with van der Waals surface area (Å²) in [5, 5.41) is 43.6. The smallest absolute Gasteiger partial charge is 0.201 e. The van der Waals surface area contributed by atoms with Gasteiger partial charge in [0.15, 0.2) is 11.5 Å². The van der Waals surface area contributed by atoms with Crippen LogP contribution in [0, 0.1) is 0 Å². The molecular formula is C20H14O4. The lowest BCUT2D eigenvalue weighted by Gasteiger charge is -2.13. The molecule has 0 fully saturated rings. The van der Waals surface area contributed by atoms with Crippen molar-refractivity contribution < 1.29 is 20.4 Å². The highest BCUT2D eigenvalue weighted by molar-refractivity contribution is 6.06. The molecule has 0 saturated heterocycles. The van der Waals surface area contributed by atoms with Crippen molar-refractivity contribution in [1.82, 2.24) is 0 Å². The van der Waals surface area contributed by atoms with Gasteiger partial charge in [0.05, 0.1) is 5.56 Å². The third-order valence-electron chi connectivity index (χ3n) is 4.25. The van der Waals surface area contributed by atoms with Crippen molar-refractivity contribution >= 4 is 21.5 Å². The number of benzene rings is 4. The summed E-state index contributed by atoms with van der Waals surface area (Å²) in [6.45, 7) is 0. The summed E-state index contributed by atoms with van der Waals surface area (Å²) in [7, 11) is 0. The fourth-order valence-electron chi connectivity index (χ4n) is 3.08. The average Bonchev–Trinajstić information content (AvgIpc) is 2.58. The van der Waals surface area contributed by atoms with Gasteiger partial charge in [-0.2, -0.15) is 0 Å². The zero-order valence-corrected chi connectivity index (χ0v) is 12.6. The maximum absolute atomic E-state index is 10.2. The van der Waals surface area contributed by atoms with Gasteiger partial charge in [-0.3, -0.25) is 0 Å². The van der Waals surface area contributed by atoms with E-state index in [1.807, 2.05) is 48.5 Å². The second kappa shape index (κ2) is 5.06. The van der Waals surface area contributed by atoms with Crippen LogP contribution in [0.2, 0.25) is 0 Å². The van der Waals surface area contributed by atoms with Gasteiger partial charge in [0, 0.05) is 6.07 Å². The van der Waals surface area contributed by atoms with Crippen LogP contribution in [0.5, 0.6) is 23.0 Å². The molecule has 0 aliphatic rings. The Balaban J connectivity index is 2.11. The molecule has 0 heterocycles. The predicted octanol–water partition coefficient (Wildman–Crippen LogP) is 4.48. The third-order valence-corrected chi connectivity index (χ3v) is 4.25. The van der Waals surface area contributed by atoms with E-state index in [2.05, 4.69) is 0 Å². The minimum absolute atomic E-state index is 0.0891. The zero-order chi connectivity index (χ0) is 16.8. The topological polar surface area (TPSA) is 80.9 Å². The summed E-state index contributed by atoms with van der Waals surface area (Å²) in [4.78, 5) is 0. The van der Waals surface area contributed by atoms with Crippen molar-refractivity contribution in [3.63, 3.8) is 0 Å². The Morgan fingerprint density at radius 1 is 0.542 bits per heavy atom. The van der Waals surface area contributed by atoms with E-state index in [-0.39, 0.29) is 11.3 Å². The first-order valence-corrected chi connectivity index (χ1v) is 7.45. The Labute approximate surface area is 137 Å². The molecule has 4 N–H and O–H groups in total. The predicted molar refractivity (Wildman–Crippen MR) is 93.5 cm³/mol. The Morgan fingerprint density at radius 3 is 1.96 bits per heavy atom. The molecule has 24 heavy (non-hydrogen) atoms. The highest BCUT2D eigenvalue weighted by Crippen LogP contribution is 2.49. The highest BCUT2D eigenvalue weighted by atomic mass is 16.3. The van der Waals surface area contributed by atoms with Crippen LogP contribution >= 0.6 is 0 Å². The van der Waals surface area contributed by atoms with Gasteiger partial charge in [0.2, 0.25) is 5.75 Å². The molecule has 0 amide bonds. The third kappa shape index (κ3) is 2.01. The van der Waals surface area contributed by atoms with Crippen LogP contribution in [0.1, 0.15) is 0 Å². The molecule has 0 aliphatic heterocycles. The molecule has 0 saturated carbocycles. The normalized spacial score (nSPS) is 11.2. The number of phenols is 4. The lowest BCUT2D eigenvalue weighted by atomic mass is 9.94. The van der Waals surface area contributed by atoms with E-state index in [9.17, 15) is 20.4 Å². The van der Waals surface area contributed by atoms with Gasteiger partial charge in [-0.1, -0.05) is 42.5 Å². The summed E-state index contributed by atoms with van der Waals surface area (Å²) in [5.41, 5.74) is 0.662. The largest absolute Gasteiger partial charge is 0.507 e. The van der Waals surface area contributed by atoms with Crippen LogP contribution in [0.4, 0.5) is 0 Å². The van der Waals surface area contributed by atoms with Crippen molar-refractivity contribution in [2.24, 2.45) is 0 Å². The van der Waals surface area contributed by atoms with Gasteiger partial charge in [0.1, 0.15) is 5.75 Å². The van der Waals surface area contributed by atoms with E-state index in [0.717, 1.165) is 27.6 Å². The van der Waals surface area contributed by atoms with Gasteiger partial charge in [0.25, 0.3) is 0 Å². The van der Waals surface area contributed by atoms with Crippen LogP contribution in [-0.4, -0.2) is 20.4 Å². The number of fused-ring (bicyclic) bond motifs is 2. The van der Waals surface area contributed by atoms with Gasteiger partial charge in [-0.25, -0.2) is 0 Å². The summed E-state index contributed by atoms with van der Waals surface area (Å²) in [6, 6.07) is 18.4. The molecule has 4 heteroatoms. The lowest BCUT2D eigenvalue weighted by Crippen LogP contribution is -1.86. The second-order valence-electron chi connectivity index (χ2n) is 5.71. The summed E-state index contributed by atoms with van der Waals surface area (Å²) >= 11 is 0. The fraction of sp³-hybridized carbons (Fsp3) is 0. The summed E-state index contributed by atoms with van der Waals surface area (Å²) in [6.07, 6.45) is 0. The number of aromatic hydroxyl groups is 4. The van der Waals surface area contributed by atoms with E-state index in [4.69, 9.17) is 0 Å². The minimum Gasteiger partial charge on any atom is -0.507 e. The second-order valence-corrected chi connectivity index (χ2v) is 5.71. The number of phenolic OH excluding ortho intramolecular Hbond substituents is 4. The van der Waals surface area contributed by atoms with Crippen molar-refractivity contribution in [2.45, 2.75) is 0 Å². The molecule has 0 bridgehead atoms. The van der Waals surface area contributed by atoms with Crippen molar-refractivity contribution in [3.05, 3.63) is 60.7 Å². The number of rotatable bonds is 1. The Kier molecular flexibility index (Phi) is 3.00. The highest BCUT2D eigenvalue weighted by Gasteiger charge is 2.19. The molecule has 0 aliphatic carbocycles. The first kappa shape index (κ1) is 14.2.